The first-order valence-electron chi connectivity index (χ1n) is 41.2. The number of carbonyl (C=O) groups is 2. The Bertz CT molecular complexity index is 1480. The molecule has 0 aliphatic carbocycles. The van der Waals surface area contributed by atoms with Crippen LogP contribution in [0.2, 0.25) is 0 Å². The van der Waals surface area contributed by atoms with Gasteiger partial charge >= 0.3 is 11.9 Å². The Kier molecular flexibility index (Phi) is 79.2. The third-order valence-electron chi connectivity index (χ3n) is 19.1. The Morgan fingerprint density at radius 1 is 0.267 bits per heavy atom. The number of allylic oxidation sites excluding steroid dienone is 8. The van der Waals surface area contributed by atoms with Gasteiger partial charge in [-0.2, -0.15) is 0 Å². The summed E-state index contributed by atoms with van der Waals surface area (Å²) in [6.45, 7) is 4.10. The van der Waals surface area contributed by atoms with E-state index in [1.807, 2.05) is 0 Å². The second-order valence-electron chi connectivity index (χ2n) is 28.2. The fraction of sp³-hybridized carbons (Fsp3) is 0.882. The lowest BCUT2D eigenvalue weighted by Crippen LogP contribution is -2.28. The van der Waals surface area contributed by atoms with Crippen LogP contribution in [0.5, 0.6) is 0 Å². The van der Waals surface area contributed by atoms with E-state index in [2.05, 4.69) is 62.5 Å². The van der Waals surface area contributed by atoms with Crippen molar-refractivity contribution >= 4 is 11.9 Å². The number of aliphatic hydroxyl groups excluding tert-OH is 1. The molecule has 0 aromatic carbocycles. The van der Waals surface area contributed by atoms with Gasteiger partial charge in [-0.25, -0.2) is 0 Å². The molecule has 530 valence electrons. The summed E-state index contributed by atoms with van der Waals surface area (Å²) in [5.74, 6) is -0.561. The van der Waals surface area contributed by atoms with Gasteiger partial charge in [0.2, 0.25) is 0 Å². The van der Waals surface area contributed by atoms with Gasteiger partial charge in [0.25, 0.3) is 0 Å². The zero-order valence-corrected chi connectivity index (χ0v) is 61.2. The molecule has 0 saturated heterocycles. The summed E-state index contributed by atoms with van der Waals surface area (Å²) < 4.78 is 10.8. The standard InChI is InChI=1S/C85H160O5/c1-3-5-7-9-11-13-15-17-19-21-23-25-27-29-31-33-35-37-39-41-42-44-45-47-49-51-53-55-57-59-61-63-65-67-69-71-73-75-77-79-84(87)89-82-83(81-86)90-85(88)80-78-76-74-72-70-68-66-64-62-60-58-56-54-52-50-48-46-43-40-38-36-34-32-30-28-26-24-22-20-18-16-14-12-10-8-6-4-2/h6,8,12,14,18,20,24,26,83,86H,3-5,7,9-11,13,15-17,19,21-23,25,27-82H2,1-2H3/b8-6-,14-12-,20-18-,26-24-. The predicted molar refractivity (Wildman–Crippen MR) is 399 cm³/mol. The van der Waals surface area contributed by atoms with Crippen molar-refractivity contribution in [1.82, 2.24) is 0 Å². The second-order valence-corrected chi connectivity index (χ2v) is 28.2. The average molecular weight is 1260 g/mol. The Balaban J connectivity index is 3.34. The molecule has 0 fully saturated rings. The molecule has 0 spiro atoms. The van der Waals surface area contributed by atoms with E-state index in [9.17, 15) is 14.7 Å². The third kappa shape index (κ3) is 78.3. The minimum atomic E-state index is -0.770. The normalized spacial score (nSPS) is 12.3. The molecule has 0 aromatic rings. The molecule has 0 heterocycles. The highest BCUT2D eigenvalue weighted by Gasteiger charge is 2.16. The second kappa shape index (κ2) is 81.1. The summed E-state index contributed by atoms with van der Waals surface area (Å²) in [5.41, 5.74) is 0. The topological polar surface area (TPSA) is 72.8 Å². The number of hydrogen-bond donors (Lipinski definition) is 1. The highest BCUT2D eigenvalue weighted by molar-refractivity contribution is 5.70. The van der Waals surface area contributed by atoms with Gasteiger partial charge in [-0.05, 0) is 51.4 Å². The highest BCUT2D eigenvalue weighted by atomic mass is 16.6. The minimum absolute atomic E-state index is 0.0582. The molecule has 0 amide bonds. The van der Waals surface area contributed by atoms with Gasteiger partial charge in [-0.1, -0.05) is 448 Å². The van der Waals surface area contributed by atoms with Gasteiger partial charge in [0.1, 0.15) is 6.61 Å². The molecule has 0 aliphatic rings. The third-order valence-corrected chi connectivity index (χ3v) is 19.1. The summed E-state index contributed by atoms with van der Waals surface area (Å²) in [7, 11) is 0. The quantitative estimate of drug-likeness (QED) is 0.0373. The van der Waals surface area contributed by atoms with Crippen LogP contribution in [0.15, 0.2) is 48.6 Å². The van der Waals surface area contributed by atoms with Crippen LogP contribution in [0.1, 0.15) is 463 Å². The smallest absolute Gasteiger partial charge is 0.306 e. The number of carbonyl (C=O) groups excluding carboxylic acids is 2. The Morgan fingerprint density at radius 3 is 0.722 bits per heavy atom. The molecule has 0 saturated carbocycles. The van der Waals surface area contributed by atoms with E-state index >= 15 is 0 Å². The Morgan fingerprint density at radius 2 is 0.478 bits per heavy atom. The molecule has 1 N–H and O–H groups in total. The lowest BCUT2D eigenvalue weighted by Gasteiger charge is -2.15. The molecule has 5 nitrogen and oxygen atoms in total. The predicted octanol–water partition coefficient (Wildman–Crippen LogP) is 29.0. The summed E-state index contributed by atoms with van der Waals surface area (Å²) >= 11 is 0. The van der Waals surface area contributed by atoms with Crippen molar-refractivity contribution in [3.63, 3.8) is 0 Å². The monoisotopic (exact) mass is 1260 g/mol. The number of esters is 2. The average Bonchev–Trinajstić information content (AvgIpc) is 3.62. The Hall–Kier alpha value is -2.14. The van der Waals surface area contributed by atoms with Crippen molar-refractivity contribution in [2.24, 2.45) is 0 Å². The summed E-state index contributed by atoms with van der Waals surface area (Å²) in [6.07, 6.45) is 111. The van der Waals surface area contributed by atoms with E-state index in [0.717, 1.165) is 57.8 Å². The van der Waals surface area contributed by atoms with Crippen molar-refractivity contribution in [2.45, 2.75) is 469 Å². The van der Waals surface area contributed by atoms with Crippen LogP contribution in [0.4, 0.5) is 0 Å². The van der Waals surface area contributed by atoms with Gasteiger partial charge in [0.15, 0.2) is 6.10 Å². The fourth-order valence-electron chi connectivity index (χ4n) is 13.0. The molecule has 90 heavy (non-hydrogen) atoms. The summed E-state index contributed by atoms with van der Waals surface area (Å²) in [4.78, 5) is 24.7. The maximum Gasteiger partial charge on any atom is 0.306 e. The van der Waals surface area contributed by atoms with Gasteiger partial charge in [-0.15, -0.1) is 0 Å². The molecule has 0 rings (SSSR count). The van der Waals surface area contributed by atoms with Crippen LogP contribution in [0.25, 0.3) is 0 Å². The van der Waals surface area contributed by atoms with Gasteiger partial charge in [-0.3, -0.25) is 9.59 Å². The van der Waals surface area contributed by atoms with Crippen molar-refractivity contribution < 1.29 is 24.2 Å². The van der Waals surface area contributed by atoms with Crippen LogP contribution in [-0.4, -0.2) is 36.4 Å². The lowest BCUT2D eigenvalue weighted by molar-refractivity contribution is -0.161. The number of unbranched alkanes of at least 4 members (excludes halogenated alkanes) is 62. The largest absolute Gasteiger partial charge is 0.462 e. The molecular weight excluding hydrogens is 1100 g/mol. The van der Waals surface area contributed by atoms with Crippen molar-refractivity contribution in [2.75, 3.05) is 13.2 Å². The van der Waals surface area contributed by atoms with E-state index in [0.29, 0.717) is 12.8 Å². The zero-order chi connectivity index (χ0) is 64.7. The van der Waals surface area contributed by atoms with Gasteiger partial charge in [0.05, 0.1) is 6.61 Å². The highest BCUT2D eigenvalue weighted by Crippen LogP contribution is 2.21. The molecule has 0 aromatic heterocycles. The zero-order valence-electron chi connectivity index (χ0n) is 61.2. The van der Waals surface area contributed by atoms with Crippen LogP contribution in [0.3, 0.4) is 0 Å². The van der Waals surface area contributed by atoms with E-state index < -0.39 is 6.10 Å². The van der Waals surface area contributed by atoms with Crippen molar-refractivity contribution in [1.29, 1.82) is 0 Å². The van der Waals surface area contributed by atoms with Gasteiger partial charge < -0.3 is 14.6 Å². The number of aliphatic hydroxyl groups is 1. The van der Waals surface area contributed by atoms with E-state index in [1.54, 1.807) is 0 Å². The van der Waals surface area contributed by atoms with Crippen LogP contribution in [-0.2, 0) is 19.1 Å². The Labute approximate surface area is 564 Å². The van der Waals surface area contributed by atoms with Crippen LogP contribution in [0, 0.1) is 0 Å². The van der Waals surface area contributed by atoms with E-state index in [-0.39, 0.29) is 25.2 Å². The molecule has 0 aliphatic heterocycles. The SMILES string of the molecule is CC/C=C\C/C=C\C/C=C\C/C=C\CCCCCCCCCCCCCCCCCCCCCCCCCCC(=O)OC(CO)COC(=O)CCCCCCCCCCCCCCCCCCCCCCCCCCCCCCCCCCCCCCCCC. The molecule has 1 unspecified atom stereocenters. The minimum Gasteiger partial charge on any atom is -0.462 e. The molecular formula is C85H160O5. The fourth-order valence-corrected chi connectivity index (χ4v) is 13.0. The summed E-state index contributed by atoms with van der Waals surface area (Å²) in [6, 6.07) is 0. The van der Waals surface area contributed by atoms with E-state index in [4.69, 9.17) is 9.47 Å². The summed E-state index contributed by atoms with van der Waals surface area (Å²) in [5, 5.41) is 9.73. The maximum absolute atomic E-state index is 12.4. The van der Waals surface area contributed by atoms with Crippen molar-refractivity contribution in [3.05, 3.63) is 48.6 Å². The first-order chi connectivity index (χ1) is 44.6. The molecule has 0 radical (unpaired) electrons. The van der Waals surface area contributed by atoms with Crippen LogP contribution < -0.4 is 0 Å². The van der Waals surface area contributed by atoms with E-state index in [1.165, 1.54) is 379 Å². The molecule has 1 atom stereocenters. The maximum atomic E-state index is 12.4. The number of hydrogen-bond acceptors (Lipinski definition) is 5. The van der Waals surface area contributed by atoms with Gasteiger partial charge in [0, 0.05) is 12.8 Å². The number of ether oxygens (including phenoxy) is 2. The first kappa shape index (κ1) is 87.9. The molecule has 5 heteroatoms. The number of rotatable bonds is 78. The first-order valence-corrected chi connectivity index (χ1v) is 41.2. The van der Waals surface area contributed by atoms with Crippen molar-refractivity contribution in [3.8, 4) is 0 Å². The molecule has 0 bridgehead atoms. The lowest BCUT2D eigenvalue weighted by atomic mass is 10.0. The van der Waals surface area contributed by atoms with Crippen LogP contribution >= 0.6 is 0 Å².